The molecule has 1 amide bonds. The molecule has 0 unspecified atom stereocenters. The highest BCUT2D eigenvalue weighted by Gasteiger charge is 2.16. The Morgan fingerprint density at radius 2 is 2.21 bits per heavy atom. The summed E-state index contributed by atoms with van der Waals surface area (Å²) in [6.45, 7) is 1.63. The van der Waals surface area contributed by atoms with Crippen LogP contribution in [-0.4, -0.2) is 30.7 Å². The number of carbonyl (C=O) groups is 1. The summed E-state index contributed by atoms with van der Waals surface area (Å²) in [4.78, 5) is 12.5. The lowest BCUT2D eigenvalue weighted by atomic mass is 10.2. The van der Waals surface area contributed by atoms with Crippen LogP contribution in [0.15, 0.2) is 41.8 Å². The highest BCUT2D eigenvalue weighted by atomic mass is 32.1. The predicted octanol–water partition coefficient (Wildman–Crippen LogP) is 3.66. The molecule has 2 heterocycles. The molecule has 0 saturated heterocycles. The van der Waals surface area contributed by atoms with Crippen molar-refractivity contribution in [3.63, 3.8) is 0 Å². The van der Waals surface area contributed by atoms with E-state index < -0.39 is 0 Å². The van der Waals surface area contributed by atoms with Gasteiger partial charge in [0.1, 0.15) is 11.5 Å². The zero-order valence-corrected chi connectivity index (χ0v) is 14.2. The van der Waals surface area contributed by atoms with Gasteiger partial charge in [0.2, 0.25) is 0 Å². The van der Waals surface area contributed by atoms with Gasteiger partial charge >= 0.3 is 0 Å². The number of ether oxygens (including phenoxy) is 1. The number of fused-ring (bicyclic) bond motifs is 1. The molecule has 0 aliphatic carbocycles. The van der Waals surface area contributed by atoms with Crippen molar-refractivity contribution in [1.29, 1.82) is 0 Å². The Labute approximate surface area is 143 Å². The van der Waals surface area contributed by atoms with Gasteiger partial charge in [-0.15, -0.1) is 11.3 Å². The molecule has 0 aliphatic rings. The molecule has 0 aliphatic heterocycles. The minimum Gasteiger partial charge on any atom is -0.385 e. The van der Waals surface area contributed by atoms with Crippen LogP contribution >= 0.6 is 11.3 Å². The molecule has 0 radical (unpaired) electrons. The fourth-order valence-corrected chi connectivity index (χ4v) is 3.48. The topological polar surface area (TPSA) is 43.3 Å². The number of nitrogens with one attached hydrogen (secondary N) is 1. The molecule has 126 valence electrons. The Morgan fingerprint density at radius 1 is 1.33 bits per heavy atom. The van der Waals surface area contributed by atoms with Crippen molar-refractivity contribution < 1.29 is 13.9 Å². The quantitative estimate of drug-likeness (QED) is 0.664. The number of methoxy groups -OCH3 is 1. The highest BCUT2D eigenvalue weighted by Crippen LogP contribution is 2.26. The molecule has 0 atom stereocenters. The van der Waals surface area contributed by atoms with Gasteiger partial charge in [0.05, 0.1) is 10.2 Å². The minimum atomic E-state index is -0.271. The maximum Gasteiger partial charge on any atom is 0.267 e. The molecule has 4 nitrogen and oxygen atoms in total. The lowest BCUT2D eigenvalue weighted by Gasteiger charge is -2.11. The van der Waals surface area contributed by atoms with Gasteiger partial charge in [-0.05, 0) is 41.6 Å². The molecule has 2 aromatic heterocycles. The van der Waals surface area contributed by atoms with Crippen LogP contribution in [0, 0.1) is 5.82 Å². The highest BCUT2D eigenvalue weighted by molar-refractivity contribution is 7.17. The number of hydrogen-bond donors (Lipinski definition) is 1. The predicted molar refractivity (Wildman–Crippen MR) is 94.1 cm³/mol. The zero-order chi connectivity index (χ0) is 16.9. The smallest absolute Gasteiger partial charge is 0.267 e. The van der Waals surface area contributed by atoms with Crippen molar-refractivity contribution in [2.45, 2.75) is 13.0 Å². The van der Waals surface area contributed by atoms with E-state index in [1.165, 1.54) is 12.1 Å². The Kier molecular flexibility index (Phi) is 5.27. The van der Waals surface area contributed by atoms with Crippen LogP contribution in [0.1, 0.15) is 22.5 Å². The van der Waals surface area contributed by atoms with E-state index in [1.54, 1.807) is 24.5 Å². The minimum absolute atomic E-state index is 0.120. The average molecular weight is 346 g/mol. The first-order valence-corrected chi connectivity index (χ1v) is 8.65. The molecular weight excluding hydrogens is 327 g/mol. The van der Waals surface area contributed by atoms with E-state index in [2.05, 4.69) is 5.32 Å². The molecule has 0 saturated carbocycles. The lowest BCUT2D eigenvalue weighted by Crippen LogP contribution is -2.27. The molecule has 0 fully saturated rings. The van der Waals surface area contributed by atoms with E-state index in [9.17, 15) is 9.18 Å². The Morgan fingerprint density at radius 3 is 3.00 bits per heavy atom. The first-order chi connectivity index (χ1) is 11.7. The SMILES string of the molecule is COCCCNC(=O)c1cc2sccc2n1Cc1cccc(F)c1. The third kappa shape index (κ3) is 3.66. The molecule has 0 spiro atoms. The second kappa shape index (κ2) is 7.59. The fraction of sp³-hybridized carbons (Fsp3) is 0.278. The van der Waals surface area contributed by atoms with E-state index in [-0.39, 0.29) is 11.7 Å². The van der Waals surface area contributed by atoms with Crippen molar-refractivity contribution >= 4 is 27.5 Å². The second-order valence-corrected chi connectivity index (χ2v) is 6.47. The monoisotopic (exact) mass is 346 g/mol. The van der Waals surface area contributed by atoms with Crippen LogP contribution in [0.2, 0.25) is 0 Å². The van der Waals surface area contributed by atoms with Crippen molar-refractivity contribution in [2.24, 2.45) is 0 Å². The lowest BCUT2D eigenvalue weighted by molar-refractivity contribution is 0.0940. The van der Waals surface area contributed by atoms with Crippen molar-refractivity contribution in [1.82, 2.24) is 9.88 Å². The molecule has 24 heavy (non-hydrogen) atoms. The third-order valence-electron chi connectivity index (χ3n) is 3.80. The van der Waals surface area contributed by atoms with Gasteiger partial charge in [0, 0.05) is 26.8 Å². The summed E-state index contributed by atoms with van der Waals surface area (Å²) in [5, 5.41) is 4.91. The first-order valence-electron chi connectivity index (χ1n) is 7.77. The van der Waals surface area contributed by atoms with Crippen LogP contribution in [0.4, 0.5) is 4.39 Å². The van der Waals surface area contributed by atoms with Gasteiger partial charge in [-0.3, -0.25) is 4.79 Å². The zero-order valence-electron chi connectivity index (χ0n) is 13.4. The van der Waals surface area contributed by atoms with Crippen LogP contribution in [0.25, 0.3) is 10.2 Å². The molecule has 3 aromatic rings. The molecule has 6 heteroatoms. The average Bonchev–Trinajstić information content (AvgIpc) is 3.14. The number of benzene rings is 1. The number of amides is 1. The summed E-state index contributed by atoms with van der Waals surface area (Å²) in [6.07, 6.45) is 0.765. The van der Waals surface area contributed by atoms with Crippen LogP contribution in [0.5, 0.6) is 0 Å². The summed E-state index contributed by atoms with van der Waals surface area (Å²) in [5.41, 5.74) is 2.41. The van der Waals surface area contributed by atoms with Gasteiger partial charge in [-0.2, -0.15) is 0 Å². The van der Waals surface area contributed by atoms with Crippen LogP contribution in [0.3, 0.4) is 0 Å². The summed E-state index contributed by atoms with van der Waals surface area (Å²) >= 11 is 1.59. The van der Waals surface area contributed by atoms with Gasteiger partial charge in [-0.1, -0.05) is 12.1 Å². The maximum atomic E-state index is 13.4. The molecule has 3 rings (SSSR count). The first kappa shape index (κ1) is 16.7. The number of nitrogens with zero attached hydrogens (tertiary/aromatic N) is 1. The van der Waals surface area contributed by atoms with E-state index in [0.717, 1.165) is 22.2 Å². The normalized spacial score (nSPS) is 11.1. The molecular formula is C18H19FN2O2S. The molecule has 1 N–H and O–H groups in total. The van der Waals surface area contributed by atoms with E-state index in [4.69, 9.17) is 4.74 Å². The third-order valence-corrected chi connectivity index (χ3v) is 4.65. The summed E-state index contributed by atoms with van der Waals surface area (Å²) in [6, 6.07) is 10.3. The van der Waals surface area contributed by atoms with Gasteiger partial charge < -0.3 is 14.6 Å². The number of aromatic nitrogens is 1. The Balaban J connectivity index is 1.85. The van der Waals surface area contributed by atoms with Crippen molar-refractivity contribution in [3.8, 4) is 0 Å². The van der Waals surface area contributed by atoms with E-state index in [1.807, 2.05) is 28.1 Å². The summed E-state index contributed by atoms with van der Waals surface area (Å²) in [5.74, 6) is -0.391. The van der Waals surface area contributed by atoms with E-state index in [0.29, 0.717) is 25.4 Å². The largest absolute Gasteiger partial charge is 0.385 e. The summed E-state index contributed by atoms with van der Waals surface area (Å²) < 4.78 is 21.4. The second-order valence-electron chi connectivity index (χ2n) is 5.52. The molecule has 0 bridgehead atoms. The van der Waals surface area contributed by atoms with Gasteiger partial charge in [-0.25, -0.2) is 4.39 Å². The Hall–Kier alpha value is -2.18. The fourth-order valence-electron chi connectivity index (χ4n) is 2.66. The number of carbonyl (C=O) groups excluding carboxylic acids is 1. The van der Waals surface area contributed by atoms with Gasteiger partial charge in [0.15, 0.2) is 0 Å². The van der Waals surface area contributed by atoms with Crippen molar-refractivity contribution in [2.75, 3.05) is 20.3 Å². The van der Waals surface area contributed by atoms with Crippen molar-refractivity contribution in [3.05, 3.63) is 58.9 Å². The summed E-state index contributed by atoms with van der Waals surface area (Å²) in [7, 11) is 1.64. The molecule has 1 aromatic carbocycles. The van der Waals surface area contributed by atoms with Crippen LogP contribution < -0.4 is 5.32 Å². The maximum absolute atomic E-state index is 13.4. The number of rotatable bonds is 7. The standard InChI is InChI=1S/C18H19FN2O2S/c1-23-8-3-7-20-18(22)16-11-17-15(6-9-24-17)21(16)12-13-4-2-5-14(19)10-13/h2,4-6,9-11H,3,7-8,12H2,1H3,(H,20,22). The number of halogens is 1. The number of hydrogen-bond acceptors (Lipinski definition) is 3. The van der Waals surface area contributed by atoms with Gasteiger partial charge in [0.25, 0.3) is 5.91 Å². The number of thiophene rings is 1. The van der Waals surface area contributed by atoms with Crippen LogP contribution in [-0.2, 0) is 11.3 Å². The van der Waals surface area contributed by atoms with E-state index >= 15 is 0 Å². The Bertz CT molecular complexity index is 841.